The first-order valence-corrected chi connectivity index (χ1v) is 4.97. The lowest BCUT2D eigenvalue weighted by Crippen LogP contribution is -2.29. The summed E-state index contributed by atoms with van der Waals surface area (Å²) in [4.78, 5) is 0. The molecule has 3 atom stereocenters. The topological polar surface area (TPSA) is 0 Å². The van der Waals surface area contributed by atoms with Crippen molar-refractivity contribution in [3.63, 3.8) is 0 Å². The Morgan fingerprint density at radius 2 is 2.08 bits per heavy atom. The second-order valence-corrected chi connectivity index (χ2v) is 4.25. The molecule has 0 nitrogen and oxygen atoms in total. The van der Waals surface area contributed by atoms with Gasteiger partial charge in [0.25, 0.3) is 0 Å². The van der Waals surface area contributed by atoms with E-state index >= 15 is 0 Å². The van der Waals surface area contributed by atoms with Gasteiger partial charge < -0.3 is 0 Å². The van der Waals surface area contributed by atoms with Crippen molar-refractivity contribution in [3.05, 3.63) is 36.0 Å². The van der Waals surface area contributed by atoms with E-state index in [1.807, 2.05) is 0 Å². The standard InChI is InChI=1S/C12H14/c1-2-4-10-8-12-6-5-11(12)7-9(10)3-1/h1-3,5-6,10-12H,4,7-8H2. The van der Waals surface area contributed by atoms with Gasteiger partial charge in [0, 0.05) is 0 Å². The molecule has 3 rings (SSSR count). The van der Waals surface area contributed by atoms with Crippen molar-refractivity contribution in [3.8, 4) is 0 Å². The van der Waals surface area contributed by atoms with Crippen molar-refractivity contribution < 1.29 is 0 Å². The molecule has 12 heavy (non-hydrogen) atoms. The molecule has 0 saturated heterocycles. The second-order valence-electron chi connectivity index (χ2n) is 4.25. The van der Waals surface area contributed by atoms with Crippen LogP contribution in [0.25, 0.3) is 0 Å². The first-order valence-electron chi connectivity index (χ1n) is 4.97. The zero-order valence-electron chi connectivity index (χ0n) is 7.24. The molecule has 0 bridgehead atoms. The van der Waals surface area contributed by atoms with Crippen molar-refractivity contribution in [2.45, 2.75) is 19.3 Å². The Kier molecular flexibility index (Phi) is 1.31. The fourth-order valence-corrected chi connectivity index (χ4v) is 2.70. The molecule has 3 aliphatic rings. The predicted octanol–water partition coefficient (Wildman–Crippen LogP) is 3.08. The molecule has 0 aromatic rings. The van der Waals surface area contributed by atoms with Crippen LogP contribution < -0.4 is 0 Å². The zero-order valence-corrected chi connectivity index (χ0v) is 7.24. The van der Waals surface area contributed by atoms with E-state index in [2.05, 4.69) is 30.4 Å². The molecular weight excluding hydrogens is 144 g/mol. The lowest BCUT2D eigenvalue weighted by molar-refractivity contribution is 0.290. The molecule has 3 aliphatic carbocycles. The van der Waals surface area contributed by atoms with Gasteiger partial charge in [0.1, 0.15) is 0 Å². The van der Waals surface area contributed by atoms with E-state index in [0.717, 1.165) is 17.8 Å². The Bertz CT molecular complexity index is 280. The summed E-state index contributed by atoms with van der Waals surface area (Å²) in [5.74, 6) is 2.72. The van der Waals surface area contributed by atoms with Crippen LogP contribution in [0.2, 0.25) is 0 Å². The predicted molar refractivity (Wildman–Crippen MR) is 50.7 cm³/mol. The Morgan fingerprint density at radius 1 is 1.17 bits per heavy atom. The Morgan fingerprint density at radius 3 is 2.92 bits per heavy atom. The average Bonchev–Trinajstić information content (AvgIpc) is 2.09. The van der Waals surface area contributed by atoms with Crippen LogP contribution in [-0.4, -0.2) is 0 Å². The molecule has 0 heterocycles. The summed E-state index contributed by atoms with van der Waals surface area (Å²) in [6.45, 7) is 0. The molecule has 0 aliphatic heterocycles. The number of rotatable bonds is 0. The van der Waals surface area contributed by atoms with Crippen LogP contribution >= 0.6 is 0 Å². The maximum Gasteiger partial charge on any atom is -0.0133 e. The van der Waals surface area contributed by atoms with E-state index in [4.69, 9.17) is 0 Å². The maximum absolute atomic E-state index is 2.40. The van der Waals surface area contributed by atoms with Gasteiger partial charge in [-0.2, -0.15) is 0 Å². The van der Waals surface area contributed by atoms with Crippen LogP contribution in [0, 0.1) is 17.8 Å². The number of fused-ring (bicyclic) bond motifs is 2. The normalized spacial score (nSPS) is 42.7. The molecule has 0 aromatic carbocycles. The van der Waals surface area contributed by atoms with Gasteiger partial charge in [0.2, 0.25) is 0 Å². The van der Waals surface area contributed by atoms with Crippen molar-refractivity contribution in [2.75, 3.05) is 0 Å². The summed E-state index contributed by atoms with van der Waals surface area (Å²) in [6.07, 6.45) is 15.7. The Labute approximate surface area is 73.7 Å². The van der Waals surface area contributed by atoms with E-state index < -0.39 is 0 Å². The van der Waals surface area contributed by atoms with Gasteiger partial charge in [0.15, 0.2) is 0 Å². The highest BCUT2D eigenvalue weighted by Crippen LogP contribution is 2.46. The molecule has 62 valence electrons. The largest absolute Gasteiger partial charge is 0.0845 e. The molecule has 0 spiro atoms. The summed E-state index contributed by atoms with van der Waals surface area (Å²) >= 11 is 0. The van der Waals surface area contributed by atoms with Gasteiger partial charge >= 0.3 is 0 Å². The number of hydrogen-bond donors (Lipinski definition) is 0. The monoisotopic (exact) mass is 158 g/mol. The molecule has 3 unspecified atom stereocenters. The summed E-state index contributed by atoms with van der Waals surface area (Å²) in [5, 5.41) is 0. The van der Waals surface area contributed by atoms with E-state index in [-0.39, 0.29) is 0 Å². The van der Waals surface area contributed by atoms with E-state index in [1.165, 1.54) is 19.3 Å². The van der Waals surface area contributed by atoms with Crippen LogP contribution in [0.15, 0.2) is 36.0 Å². The fraction of sp³-hybridized carbons (Fsp3) is 0.500. The van der Waals surface area contributed by atoms with Crippen LogP contribution in [0.3, 0.4) is 0 Å². The second kappa shape index (κ2) is 2.35. The molecule has 0 amide bonds. The van der Waals surface area contributed by atoms with E-state index in [9.17, 15) is 0 Å². The quantitative estimate of drug-likeness (QED) is 0.475. The van der Waals surface area contributed by atoms with E-state index in [1.54, 1.807) is 5.57 Å². The van der Waals surface area contributed by atoms with Crippen molar-refractivity contribution >= 4 is 0 Å². The van der Waals surface area contributed by atoms with Crippen LogP contribution in [0.1, 0.15) is 19.3 Å². The van der Waals surface area contributed by atoms with Crippen molar-refractivity contribution in [1.82, 2.24) is 0 Å². The summed E-state index contributed by atoms with van der Waals surface area (Å²) in [6, 6.07) is 0. The van der Waals surface area contributed by atoms with Crippen LogP contribution in [0.5, 0.6) is 0 Å². The van der Waals surface area contributed by atoms with Crippen LogP contribution in [-0.2, 0) is 0 Å². The molecule has 0 radical (unpaired) electrons. The smallest absolute Gasteiger partial charge is 0.0133 e. The molecule has 1 fully saturated rings. The van der Waals surface area contributed by atoms with Crippen molar-refractivity contribution in [2.24, 2.45) is 17.8 Å². The molecule has 1 saturated carbocycles. The molecule has 0 N–H and O–H groups in total. The minimum atomic E-state index is 0.890. The highest BCUT2D eigenvalue weighted by atomic mass is 14.4. The van der Waals surface area contributed by atoms with Gasteiger partial charge in [-0.25, -0.2) is 0 Å². The Hall–Kier alpha value is -0.780. The van der Waals surface area contributed by atoms with Gasteiger partial charge in [-0.05, 0) is 37.0 Å². The summed E-state index contributed by atoms with van der Waals surface area (Å²) < 4.78 is 0. The SMILES string of the molecule is C1=CCC2CC3C=CC3CC2=C1. The van der Waals surface area contributed by atoms with E-state index in [0.29, 0.717) is 0 Å². The summed E-state index contributed by atoms with van der Waals surface area (Å²) in [5.41, 5.74) is 1.71. The highest BCUT2D eigenvalue weighted by Gasteiger charge is 2.34. The average molecular weight is 158 g/mol. The third kappa shape index (κ3) is 0.841. The maximum atomic E-state index is 2.40. The molecular formula is C12H14. The zero-order chi connectivity index (χ0) is 7.97. The lowest BCUT2D eigenvalue weighted by atomic mass is 9.64. The Balaban J connectivity index is 1.88. The van der Waals surface area contributed by atoms with Gasteiger partial charge in [-0.15, -0.1) is 0 Å². The first kappa shape index (κ1) is 6.71. The molecule has 0 heteroatoms. The molecule has 0 aromatic heterocycles. The number of allylic oxidation sites excluding steroid dienone is 6. The van der Waals surface area contributed by atoms with Crippen molar-refractivity contribution in [1.29, 1.82) is 0 Å². The number of hydrogen-bond acceptors (Lipinski definition) is 0. The van der Waals surface area contributed by atoms with Gasteiger partial charge in [0.05, 0.1) is 0 Å². The van der Waals surface area contributed by atoms with Gasteiger partial charge in [-0.3, -0.25) is 0 Å². The summed E-state index contributed by atoms with van der Waals surface area (Å²) in [7, 11) is 0. The van der Waals surface area contributed by atoms with Gasteiger partial charge in [-0.1, -0.05) is 36.0 Å². The lowest BCUT2D eigenvalue weighted by Gasteiger charge is -2.40. The highest BCUT2D eigenvalue weighted by molar-refractivity contribution is 5.28. The van der Waals surface area contributed by atoms with Crippen LogP contribution in [0.4, 0.5) is 0 Å². The fourth-order valence-electron chi connectivity index (χ4n) is 2.70. The minimum Gasteiger partial charge on any atom is -0.0845 e. The first-order chi connectivity index (χ1) is 5.93. The third-order valence-electron chi connectivity index (χ3n) is 3.57. The third-order valence-corrected chi connectivity index (χ3v) is 3.57. The minimum absolute atomic E-state index is 0.890.